The molecule has 134 valence electrons. The fourth-order valence-electron chi connectivity index (χ4n) is 2.79. The van der Waals surface area contributed by atoms with Gasteiger partial charge < -0.3 is 10.2 Å². The number of rotatable bonds is 7. The zero-order valence-corrected chi connectivity index (χ0v) is 15.3. The standard InChI is InChI=1S/C17H27N3O3S/c1-3-15-5-7-16(8-6-15)24(22,23)20(4-2)12-9-17(21)19-13-10-18-11-14-19/h5-8,18H,3-4,9-14H2,1-2H3. The van der Waals surface area contributed by atoms with E-state index in [0.29, 0.717) is 19.6 Å². The Morgan fingerprint density at radius 2 is 1.79 bits per heavy atom. The Bertz CT molecular complexity index is 638. The molecule has 1 amide bonds. The molecule has 7 heteroatoms. The van der Waals surface area contributed by atoms with E-state index in [-0.39, 0.29) is 23.8 Å². The van der Waals surface area contributed by atoms with E-state index in [0.717, 1.165) is 25.1 Å². The summed E-state index contributed by atoms with van der Waals surface area (Å²) < 4.78 is 26.9. The monoisotopic (exact) mass is 353 g/mol. The molecule has 0 bridgehead atoms. The van der Waals surface area contributed by atoms with Crippen LogP contribution in [0.25, 0.3) is 0 Å². The van der Waals surface area contributed by atoms with Crippen molar-refractivity contribution in [2.24, 2.45) is 0 Å². The van der Waals surface area contributed by atoms with Gasteiger partial charge in [0.15, 0.2) is 0 Å². The fraction of sp³-hybridized carbons (Fsp3) is 0.588. The number of benzene rings is 1. The Balaban J connectivity index is 2.01. The lowest BCUT2D eigenvalue weighted by Crippen LogP contribution is -2.47. The zero-order chi connectivity index (χ0) is 17.6. The van der Waals surface area contributed by atoms with Gasteiger partial charge in [0.05, 0.1) is 4.90 Å². The average Bonchev–Trinajstić information content (AvgIpc) is 2.62. The molecule has 1 aromatic carbocycles. The van der Waals surface area contributed by atoms with Crippen molar-refractivity contribution >= 4 is 15.9 Å². The molecule has 6 nitrogen and oxygen atoms in total. The molecule has 1 aliphatic rings. The van der Waals surface area contributed by atoms with Gasteiger partial charge in [-0.15, -0.1) is 0 Å². The first-order valence-electron chi connectivity index (χ1n) is 8.56. The van der Waals surface area contributed by atoms with Gasteiger partial charge in [0, 0.05) is 45.7 Å². The number of sulfonamides is 1. The summed E-state index contributed by atoms with van der Waals surface area (Å²) in [5.41, 5.74) is 1.10. The SMILES string of the molecule is CCc1ccc(S(=O)(=O)N(CC)CCC(=O)N2CCNCC2)cc1. The minimum Gasteiger partial charge on any atom is -0.340 e. The van der Waals surface area contributed by atoms with E-state index in [1.165, 1.54) is 4.31 Å². The Morgan fingerprint density at radius 3 is 2.33 bits per heavy atom. The van der Waals surface area contributed by atoms with E-state index in [4.69, 9.17) is 0 Å². The Hall–Kier alpha value is -1.44. The molecular formula is C17H27N3O3S. The highest BCUT2D eigenvalue weighted by Gasteiger charge is 2.25. The second kappa shape index (κ2) is 8.60. The van der Waals surface area contributed by atoms with Gasteiger partial charge in [0.2, 0.25) is 15.9 Å². The van der Waals surface area contributed by atoms with E-state index < -0.39 is 10.0 Å². The van der Waals surface area contributed by atoms with Crippen LogP contribution in [0.15, 0.2) is 29.2 Å². The third-order valence-corrected chi connectivity index (χ3v) is 6.36. The number of nitrogens with zero attached hydrogens (tertiary/aromatic N) is 2. The molecule has 24 heavy (non-hydrogen) atoms. The van der Waals surface area contributed by atoms with Crippen molar-refractivity contribution < 1.29 is 13.2 Å². The molecule has 0 radical (unpaired) electrons. The molecule has 0 aromatic heterocycles. The molecule has 1 heterocycles. The van der Waals surface area contributed by atoms with Crippen LogP contribution in [0.1, 0.15) is 25.8 Å². The lowest BCUT2D eigenvalue weighted by molar-refractivity contribution is -0.131. The van der Waals surface area contributed by atoms with Gasteiger partial charge in [-0.25, -0.2) is 8.42 Å². The predicted octanol–water partition coefficient (Wildman–Crippen LogP) is 1.08. The van der Waals surface area contributed by atoms with Crippen LogP contribution in [-0.2, 0) is 21.2 Å². The topological polar surface area (TPSA) is 69.7 Å². The van der Waals surface area contributed by atoms with Crippen LogP contribution in [0.3, 0.4) is 0 Å². The first kappa shape index (κ1) is 18.9. The second-order valence-electron chi connectivity index (χ2n) is 5.87. The van der Waals surface area contributed by atoms with Gasteiger partial charge in [0.25, 0.3) is 0 Å². The third-order valence-electron chi connectivity index (χ3n) is 4.37. The van der Waals surface area contributed by atoms with Gasteiger partial charge in [-0.3, -0.25) is 4.79 Å². The highest BCUT2D eigenvalue weighted by Crippen LogP contribution is 2.17. The van der Waals surface area contributed by atoms with E-state index in [1.54, 1.807) is 24.0 Å². The van der Waals surface area contributed by atoms with E-state index in [2.05, 4.69) is 5.32 Å². The summed E-state index contributed by atoms with van der Waals surface area (Å²) in [5.74, 6) is 0.0199. The number of aryl methyl sites for hydroxylation is 1. The van der Waals surface area contributed by atoms with Gasteiger partial charge in [-0.2, -0.15) is 4.31 Å². The van der Waals surface area contributed by atoms with Crippen LogP contribution < -0.4 is 5.32 Å². The molecule has 1 aromatic rings. The summed E-state index contributed by atoms with van der Waals surface area (Å²) in [6.07, 6.45) is 1.09. The normalized spacial score (nSPS) is 15.7. The van der Waals surface area contributed by atoms with E-state index >= 15 is 0 Å². The Labute approximate surface area is 144 Å². The minimum atomic E-state index is -3.55. The number of piperazine rings is 1. The predicted molar refractivity (Wildman–Crippen MR) is 94.3 cm³/mol. The van der Waals surface area contributed by atoms with E-state index in [9.17, 15) is 13.2 Å². The van der Waals surface area contributed by atoms with Crippen molar-refractivity contribution in [3.8, 4) is 0 Å². The molecule has 1 saturated heterocycles. The van der Waals surface area contributed by atoms with Crippen LogP contribution in [0.2, 0.25) is 0 Å². The first-order valence-corrected chi connectivity index (χ1v) is 10.0. The van der Waals surface area contributed by atoms with Crippen LogP contribution in [0.5, 0.6) is 0 Å². The van der Waals surface area contributed by atoms with Crippen LogP contribution in [0, 0.1) is 0 Å². The van der Waals surface area contributed by atoms with Crippen molar-refractivity contribution in [2.75, 3.05) is 39.3 Å². The van der Waals surface area contributed by atoms with Gasteiger partial charge in [-0.05, 0) is 24.1 Å². The molecule has 1 aliphatic heterocycles. The highest BCUT2D eigenvalue weighted by atomic mass is 32.2. The van der Waals surface area contributed by atoms with E-state index in [1.807, 2.05) is 19.1 Å². The summed E-state index contributed by atoms with van der Waals surface area (Å²) in [6.45, 7) is 7.38. The number of carbonyl (C=O) groups excluding carboxylic acids is 1. The smallest absolute Gasteiger partial charge is 0.243 e. The Kier molecular flexibility index (Phi) is 6.77. The third kappa shape index (κ3) is 4.55. The maximum absolute atomic E-state index is 12.7. The van der Waals surface area contributed by atoms with Crippen molar-refractivity contribution in [1.82, 2.24) is 14.5 Å². The molecule has 0 aliphatic carbocycles. The molecule has 0 atom stereocenters. The molecule has 0 unspecified atom stereocenters. The van der Waals surface area contributed by atoms with Crippen molar-refractivity contribution in [3.05, 3.63) is 29.8 Å². The Morgan fingerprint density at radius 1 is 1.17 bits per heavy atom. The maximum Gasteiger partial charge on any atom is 0.243 e. The lowest BCUT2D eigenvalue weighted by Gasteiger charge is -2.28. The number of hydrogen-bond acceptors (Lipinski definition) is 4. The summed E-state index contributed by atoms with van der Waals surface area (Å²) in [5, 5.41) is 3.20. The molecule has 0 spiro atoms. The summed E-state index contributed by atoms with van der Waals surface area (Å²) >= 11 is 0. The van der Waals surface area contributed by atoms with Crippen molar-refractivity contribution in [3.63, 3.8) is 0 Å². The molecular weight excluding hydrogens is 326 g/mol. The van der Waals surface area contributed by atoms with Crippen molar-refractivity contribution in [1.29, 1.82) is 0 Å². The zero-order valence-electron chi connectivity index (χ0n) is 14.5. The molecule has 1 fully saturated rings. The maximum atomic E-state index is 12.7. The number of amides is 1. The minimum absolute atomic E-state index is 0.0199. The van der Waals surface area contributed by atoms with Crippen LogP contribution >= 0.6 is 0 Å². The summed E-state index contributed by atoms with van der Waals surface area (Å²) in [6, 6.07) is 6.98. The highest BCUT2D eigenvalue weighted by molar-refractivity contribution is 7.89. The molecule has 0 saturated carbocycles. The second-order valence-corrected chi connectivity index (χ2v) is 7.81. The molecule has 1 N–H and O–H groups in total. The first-order chi connectivity index (χ1) is 11.5. The quantitative estimate of drug-likeness (QED) is 0.796. The number of carbonyl (C=O) groups is 1. The largest absolute Gasteiger partial charge is 0.340 e. The molecule has 2 rings (SSSR count). The van der Waals surface area contributed by atoms with Gasteiger partial charge >= 0.3 is 0 Å². The number of hydrogen-bond donors (Lipinski definition) is 1. The van der Waals surface area contributed by atoms with Crippen LogP contribution in [-0.4, -0.2) is 62.8 Å². The number of nitrogens with one attached hydrogen (secondary N) is 1. The van der Waals surface area contributed by atoms with Crippen LogP contribution in [0.4, 0.5) is 0 Å². The summed E-state index contributed by atoms with van der Waals surface area (Å²) in [4.78, 5) is 14.3. The fourth-order valence-corrected chi connectivity index (χ4v) is 4.24. The van der Waals surface area contributed by atoms with Gasteiger partial charge in [0.1, 0.15) is 0 Å². The lowest BCUT2D eigenvalue weighted by atomic mass is 10.2. The van der Waals surface area contributed by atoms with Gasteiger partial charge in [-0.1, -0.05) is 26.0 Å². The summed E-state index contributed by atoms with van der Waals surface area (Å²) in [7, 11) is -3.55. The average molecular weight is 353 g/mol. The van der Waals surface area contributed by atoms with Crippen molar-refractivity contribution in [2.45, 2.75) is 31.6 Å².